The number of aromatic hydroxyl groups is 1. The molecule has 9 heteroatoms. The van der Waals surface area contributed by atoms with Gasteiger partial charge in [-0.2, -0.15) is 0 Å². The highest BCUT2D eigenvalue weighted by molar-refractivity contribution is 9.10. The highest BCUT2D eigenvalue weighted by Gasteiger charge is 2.14. The Kier molecular flexibility index (Phi) is 5.71. The predicted octanol–water partition coefficient (Wildman–Crippen LogP) is 3.17. The molecule has 0 aliphatic carbocycles. The van der Waals surface area contributed by atoms with Gasteiger partial charge in [0.05, 0.1) is 16.2 Å². The lowest BCUT2D eigenvalue weighted by molar-refractivity contribution is -0.384. The van der Waals surface area contributed by atoms with Crippen LogP contribution in [0.3, 0.4) is 0 Å². The maximum absolute atomic E-state index is 11.9. The minimum Gasteiger partial charge on any atom is -0.508 e. The van der Waals surface area contributed by atoms with E-state index in [-0.39, 0.29) is 17.0 Å². The fraction of sp³-hybridized carbons (Fsp3) is 0.125. The number of hydrogen-bond donors (Lipinski definition) is 2. The lowest BCUT2D eigenvalue weighted by atomic mass is 10.1. The first-order valence-corrected chi connectivity index (χ1v) is 7.78. The molecular formula is C16H13BrN2O6. The SMILES string of the molecule is Cc1ccc(C(=O)OCC(=O)Nc2ccc([N+](=O)[O-])cc2Br)cc1O. The number of rotatable bonds is 5. The van der Waals surface area contributed by atoms with Gasteiger partial charge in [0.25, 0.3) is 11.6 Å². The van der Waals surface area contributed by atoms with Crippen molar-refractivity contribution in [3.8, 4) is 5.75 Å². The zero-order chi connectivity index (χ0) is 18.6. The van der Waals surface area contributed by atoms with Crippen LogP contribution in [0.2, 0.25) is 0 Å². The molecular weight excluding hydrogens is 396 g/mol. The Hall–Kier alpha value is -2.94. The first-order chi connectivity index (χ1) is 11.8. The van der Waals surface area contributed by atoms with Crippen LogP contribution in [0, 0.1) is 17.0 Å². The summed E-state index contributed by atoms with van der Waals surface area (Å²) in [5.41, 5.74) is 0.903. The smallest absolute Gasteiger partial charge is 0.338 e. The number of amides is 1. The van der Waals surface area contributed by atoms with Crippen molar-refractivity contribution >= 4 is 39.2 Å². The molecule has 0 spiro atoms. The van der Waals surface area contributed by atoms with Gasteiger partial charge in [-0.1, -0.05) is 6.07 Å². The van der Waals surface area contributed by atoms with E-state index in [0.717, 1.165) is 0 Å². The van der Waals surface area contributed by atoms with Crippen molar-refractivity contribution in [1.29, 1.82) is 0 Å². The number of halogens is 1. The van der Waals surface area contributed by atoms with Crippen LogP contribution in [0.4, 0.5) is 11.4 Å². The highest BCUT2D eigenvalue weighted by atomic mass is 79.9. The van der Waals surface area contributed by atoms with Crippen molar-refractivity contribution in [2.45, 2.75) is 6.92 Å². The molecule has 0 unspecified atom stereocenters. The number of anilines is 1. The lowest BCUT2D eigenvalue weighted by Crippen LogP contribution is -2.21. The first kappa shape index (κ1) is 18.4. The number of phenols is 1. The zero-order valence-electron chi connectivity index (χ0n) is 13.0. The van der Waals surface area contributed by atoms with E-state index < -0.39 is 23.4 Å². The third-order valence-corrected chi connectivity index (χ3v) is 3.87. The number of esters is 1. The third-order valence-electron chi connectivity index (χ3n) is 3.22. The summed E-state index contributed by atoms with van der Waals surface area (Å²) >= 11 is 3.12. The number of carbonyl (C=O) groups excluding carboxylic acids is 2. The topological polar surface area (TPSA) is 119 Å². The molecule has 0 aliphatic rings. The van der Waals surface area contributed by atoms with Gasteiger partial charge in [0, 0.05) is 16.6 Å². The normalized spacial score (nSPS) is 10.2. The number of ether oxygens (including phenoxy) is 1. The summed E-state index contributed by atoms with van der Waals surface area (Å²) in [5.74, 6) is -1.42. The van der Waals surface area contributed by atoms with E-state index >= 15 is 0 Å². The predicted molar refractivity (Wildman–Crippen MR) is 92.6 cm³/mol. The Labute approximate surface area is 150 Å². The summed E-state index contributed by atoms with van der Waals surface area (Å²) in [4.78, 5) is 33.8. The second-order valence-electron chi connectivity index (χ2n) is 5.05. The van der Waals surface area contributed by atoms with Crippen LogP contribution in [0.15, 0.2) is 40.9 Å². The van der Waals surface area contributed by atoms with Gasteiger partial charge < -0.3 is 15.2 Å². The molecule has 2 aromatic rings. The molecule has 0 radical (unpaired) electrons. The van der Waals surface area contributed by atoms with Gasteiger partial charge in [-0.05, 0) is 46.6 Å². The van der Waals surface area contributed by atoms with E-state index in [9.17, 15) is 24.8 Å². The van der Waals surface area contributed by atoms with Gasteiger partial charge in [-0.25, -0.2) is 4.79 Å². The Balaban J connectivity index is 1.95. The number of nitro groups is 1. The van der Waals surface area contributed by atoms with Gasteiger partial charge in [-0.15, -0.1) is 0 Å². The first-order valence-electron chi connectivity index (χ1n) is 6.98. The molecule has 0 saturated heterocycles. The number of nitrogens with zero attached hydrogens (tertiary/aromatic N) is 1. The van der Waals surface area contributed by atoms with Crippen LogP contribution < -0.4 is 5.32 Å². The van der Waals surface area contributed by atoms with E-state index in [0.29, 0.717) is 15.7 Å². The molecule has 1 amide bonds. The van der Waals surface area contributed by atoms with Crippen LogP contribution >= 0.6 is 15.9 Å². The second kappa shape index (κ2) is 7.75. The monoisotopic (exact) mass is 408 g/mol. The number of hydrogen-bond acceptors (Lipinski definition) is 6. The molecule has 0 bridgehead atoms. The average Bonchev–Trinajstić information content (AvgIpc) is 2.56. The van der Waals surface area contributed by atoms with Gasteiger partial charge in [0.2, 0.25) is 0 Å². The molecule has 0 fully saturated rings. The van der Waals surface area contributed by atoms with E-state index in [1.54, 1.807) is 13.0 Å². The van der Waals surface area contributed by atoms with E-state index in [2.05, 4.69) is 21.2 Å². The molecule has 0 aromatic heterocycles. The van der Waals surface area contributed by atoms with Crippen LogP contribution in [-0.2, 0) is 9.53 Å². The quantitative estimate of drug-likeness (QED) is 0.445. The molecule has 0 heterocycles. The van der Waals surface area contributed by atoms with Crippen LogP contribution in [0.1, 0.15) is 15.9 Å². The highest BCUT2D eigenvalue weighted by Crippen LogP contribution is 2.27. The number of nitro benzene ring substituents is 1. The van der Waals surface area contributed by atoms with Crippen LogP contribution in [-0.4, -0.2) is 28.5 Å². The number of non-ortho nitro benzene ring substituents is 1. The van der Waals surface area contributed by atoms with E-state index in [1.807, 2.05) is 0 Å². The Bertz CT molecular complexity index is 853. The standard InChI is InChI=1S/C16H13BrN2O6/c1-9-2-3-10(6-14(9)20)16(22)25-8-15(21)18-13-5-4-11(19(23)24)7-12(13)17/h2-7,20H,8H2,1H3,(H,18,21). The van der Waals surface area contributed by atoms with Gasteiger partial charge >= 0.3 is 5.97 Å². The maximum Gasteiger partial charge on any atom is 0.338 e. The molecule has 0 saturated carbocycles. The Morgan fingerprint density at radius 2 is 2.00 bits per heavy atom. The average molecular weight is 409 g/mol. The third kappa shape index (κ3) is 4.77. The van der Waals surface area contributed by atoms with Crippen molar-refractivity contribution in [3.05, 3.63) is 62.1 Å². The van der Waals surface area contributed by atoms with Crippen molar-refractivity contribution in [1.82, 2.24) is 0 Å². The van der Waals surface area contributed by atoms with E-state index in [1.165, 1.54) is 30.3 Å². The molecule has 0 atom stereocenters. The zero-order valence-corrected chi connectivity index (χ0v) is 14.6. The minimum atomic E-state index is -0.756. The molecule has 2 aromatic carbocycles. The number of carbonyl (C=O) groups is 2. The van der Waals surface area contributed by atoms with Gasteiger partial charge in [0.1, 0.15) is 5.75 Å². The van der Waals surface area contributed by atoms with Gasteiger partial charge in [-0.3, -0.25) is 14.9 Å². The van der Waals surface area contributed by atoms with Crippen molar-refractivity contribution < 1.29 is 24.4 Å². The lowest BCUT2D eigenvalue weighted by Gasteiger charge is -2.08. The van der Waals surface area contributed by atoms with Gasteiger partial charge in [0.15, 0.2) is 6.61 Å². The molecule has 130 valence electrons. The number of aryl methyl sites for hydroxylation is 1. The summed E-state index contributed by atoms with van der Waals surface area (Å²) in [6.07, 6.45) is 0. The number of benzene rings is 2. The second-order valence-corrected chi connectivity index (χ2v) is 5.90. The Morgan fingerprint density at radius 3 is 2.60 bits per heavy atom. The molecule has 2 rings (SSSR count). The Morgan fingerprint density at radius 1 is 1.28 bits per heavy atom. The number of nitrogens with one attached hydrogen (secondary N) is 1. The summed E-state index contributed by atoms with van der Waals surface area (Å²) in [5, 5.41) is 22.7. The molecule has 25 heavy (non-hydrogen) atoms. The van der Waals surface area contributed by atoms with Crippen LogP contribution in [0.5, 0.6) is 5.75 Å². The van der Waals surface area contributed by atoms with E-state index in [4.69, 9.17) is 4.74 Å². The fourth-order valence-corrected chi connectivity index (χ4v) is 2.32. The fourth-order valence-electron chi connectivity index (χ4n) is 1.86. The minimum absolute atomic E-state index is 0.0475. The van der Waals surface area contributed by atoms with Crippen molar-refractivity contribution in [2.24, 2.45) is 0 Å². The van der Waals surface area contributed by atoms with Crippen LogP contribution in [0.25, 0.3) is 0 Å². The van der Waals surface area contributed by atoms with Crippen molar-refractivity contribution in [2.75, 3.05) is 11.9 Å². The summed E-state index contributed by atoms with van der Waals surface area (Å²) in [6, 6.07) is 8.13. The molecule has 0 aliphatic heterocycles. The summed E-state index contributed by atoms with van der Waals surface area (Å²) in [6.45, 7) is 1.14. The molecule has 2 N–H and O–H groups in total. The van der Waals surface area contributed by atoms with Crippen molar-refractivity contribution in [3.63, 3.8) is 0 Å². The maximum atomic E-state index is 11.9. The summed E-state index contributed by atoms with van der Waals surface area (Å²) < 4.78 is 5.20. The largest absolute Gasteiger partial charge is 0.508 e. The summed E-state index contributed by atoms with van der Waals surface area (Å²) in [7, 11) is 0. The molecule has 8 nitrogen and oxygen atoms in total. The number of phenolic OH excluding ortho intramolecular Hbond substituents is 1.